The summed E-state index contributed by atoms with van der Waals surface area (Å²) in [4.78, 5) is 39.1. The first-order valence-electron chi connectivity index (χ1n) is 16.6. The minimum absolute atomic E-state index is 0.0824. The molecule has 1 N–H and O–H groups in total. The molecule has 6 rings (SSSR count). The number of morpholine rings is 1. The number of aromatic nitrogens is 1. The highest BCUT2D eigenvalue weighted by Crippen LogP contribution is 2.34. The van der Waals surface area contributed by atoms with Crippen LogP contribution < -0.4 is 14.4 Å². The van der Waals surface area contributed by atoms with Gasteiger partial charge in [-0.15, -0.1) is 0 Å². The molecule has 0 bridgehead atoms. The highest BCUT2D eigenvalue weighted by atomic mass is 19.1. The summed E-state index contributed by atoms with van der Waals surface area (Å²) < 4.78 is 31.5. The fraction of sp³-hybridized carbons (Fsp3) is 0.472. The second-order valence-electron chi connectivity index (χ2n) is 13.1. The number of nitrogens with zero attached hydrogens (tertiary/aromatic N) is 5. The molecule has 0 saturated carbocycles. The average molecular weight is 662 g/mol. The summed E-state index contributed by atoms with van der Waals surface area (Å²) >= 11 is 0. The number of carboxylic acid groups (broad SMARTS) is 1. The molecule has 11 nitrogen and oxygen atoms in total. The number of para-hydroxylation sites is 1. The van der Waals surface area contributed by atoms with Crippen molar-refractivity contribution in [2.24, 2.45) is 0 Å². The van der Waals surface area contributed by atoms with Gasteiger partial charge < -0.3 is 24.2 Å². The van der Waals surface area contributed by atoms with Crippen LogP contribution in [-0.4, -0.2) is 120 Å². The van der Waals surface area contributed by atoms with E-state index in [1.807, 2.05) is 43.3 Å². The van der Waals surface area contributed by atoms with Gasteiger partial charge in [-0.05, 0) is 68.7 Å². The zero-order chi connectivity index (χ0) is 33.8. The molecule has 2 saturated heterocycles. The van der Waals surface area contributed by atoms with Gasteiger partial charge in [0, 0.05) is 50.0 Å². The van der Waals surface area contributed by atoms with E-state index in [0.717, 1.165) is 11.1 Å². The molecular weight excluding hydrogens is 617 g/mol. The van der Waals surface area contributed by atoms with E-state index in [0.29, 0.717) is 56.6 Å². The van der Waals surface area contributed by atoms with Crippen LogP contribution in [0.5, 0.6) is 11.6 Å². The van der Waals surface area contributed by atoms with Crippen molar-refractivity contribution in [3.05, 3.63) is 83.8 Å². The Bertz CT molecular complexity index is 1550. The van der Waals surface area contributed by atoms with E-state index < -0.39 is 12.1 Å². The topological polar surface area (TPSA) is 108 Å². The van der Waals surface area contributed by atoms with Crippen LogP contribution in [0.25, 0.3) is 0 Å². The van der Waals surface area contributed by atoms with Crippen molar-refractivity contribution in [1.29, 1.82) is 0 Å². The van der Waals surface area contributed by atoms with Gasteiger partial charge in [0.05, 0.1) is 19.8 Å². The van der Waals surface area contributed by atoms with Crippen molar-refractivity contribution in [2.75, 3.05) is 57.5 Å². The van der Waals surface area contributed by atoms with Crippen LogP contribution in [0.3, 0.4) is 0 Å². The molecule has 256 valence electrons. The van der Waals surface area contributed by atoms with Crippen LogP contribution >= 0.6 is 0 Å². The molecule has 0 aliphatic carbocycles. The van der Waals surface area contributed by atoms with Gasteiger partial charge in [-0.1, -0.05) is 30.3 Å². The van der Waals surface area contributed by atoms with Crippen LogP contribution in [0.2, 0.25) is 0 Å². The predicted molar refractivity (Wildman–Crippen MR) is 178 cm³/mol. The van der Waals surface area contributed by atoms with Gasteiger partial charge in [-0.3, -0.25) is 19.5 Å². The van der Waals surface area contributed by atoms with E-state index in [9.17, 15) is 19.1 Å². The molecule has 0 radical (unpaired) electrons. The monoisotopic (exact) mass is 661 g/mol. The van der Waals surface area contributed by atoms with E-state index >= 15 is 0 Å². The molecule has 3 aromatic rings. The van der Waals surface area contributed by atoms with Gasteiger partial charge >= 0.3 is 6.09 Å². The molecule has 3 aliphatic heterocycles. The van der Waals surface area contributed by atoms with Crippen LogP contribution in [0.4, 0.5) is 14.9 Å². The number of benzene rings is 2. The zero-order valence-electron chi connectivity index (χ0n) is 27.7. The highest BCUT2D eigenvalue weighted by Gasteiger charge is 2.41. The first-order valence-corrected chi connectivity index (χ1v) is 16.6. The number of carbonyl (C=O) groups excluding carboxylic acids is 1. The van der Waals surface area contributed by atoms with Gasteiger partial charge in [-0.25, -0.2) is 14.2 Å². The van der Waals surface area contributed by atoms with Gasteiger partial charge in [0.1, 0.15) is 36.5 Å². The molecule has 2 amide bonds. The Morgan fingerprint density at radius 1 is 0.938 bits per heavy atom. The van der Waals surface area contributed by atoms with Gasteiger partial charge in [0.2, 0.25) is 11.8 Å². The molecule has 2 aromatic carbocycles. The lowest BCUT2D eigenvalue weighted by molar-refractivity contribution is -0.123. The number of piperazine rings is 1. The Kier molecular flexibility index (Phi) is 10.4. The molecule has 4 heterocycles. The molecule has 3 aliphatic rings. The molecule has 48 heavy (non-hydrogen) atoms. The summed E-state index contributed by atoms with van der Waals surface area (Å²) in [5, 5.41) is 10.00. The lowest BCUT2D eigenvalue weighted by atomic mass is 10.0. The molecule has 1 aromatic heterocycles. The number of hydrogen-bond donors (Lipinski definition) is 1. The maximum absolute atomic E-state index is 14.6. The second kappa shape index (κ2) is 14.9. The number of pyridine rings is 1. The smallest absolute Gasteiger partial charge is 0.407 e. The van der Waals surface area contributed by atoms with Crippen molar-refractivity contribution >= 4 is 17.7 Å². The summed E-state index contributed by atoms with van der Waals surface area (Å²) in [7, 11) is 0. The Balaban J connectivity index is 1.28. The van der Waals surface area contributed by atoms with E-state index in [1.165, 1.54) is 17.0 Å². The third kappa shape index (κ3) is 7.72. The Morgan fingerprint density at radius 3 is 2.38 bits per heavy atom. The molecular formula is C36H44FN5O6. The Morgan fingerprint density at radius 2 is 1.67 bits per heavy atom. The van der Waals surface area contributed by atoms with Gasteiger partial charge in [-0.2, -0.15) is 0 Å². The molecule has 2 fully saturated rings. The molecule has 0 spiro atoms. The fourth-order valence-corrected chi connectivity index (χ4v) is 6.95. The van der Waals surface area contributed by atoms with Crippen LogP contribution in [-0.2, 0) is 16.0 Å². The second-order valence-corrected chi connectivity index (χ2v) is 13.1. The van der Waals surface area contributed by atoms with Crippen molar-refractivity contribution in [3.8, 4) is 11.6 Å². The SMILES string of the molecule is C[C@@H]1CN(CC(=O)N2c3cc(Cc4ccc(F)cc4)cnc3OC[C@@H]2COc2ccccc2)[C@@H](CN2[C@H](C)COC[C@H]2C)CN1C(=O)O. The summed E-state index contributed by atoms with van der Waals surface area (Å²) in [5.41, 5.74) is 2.32. The highest BCUT2D eigenvalue weighted by molar-refractivity contribution is 5.97. The van der Waals surface area contributed by atoms with Crippen molar-refractivity contribution in [3.63, 3.8) is 0 Å². The van der Waals surface area contributed by atoms with Crippen LogP contribution in [0, 0.1) is 5.82 Å². The van der Waals surface area contributed by atoms with Crippen molar-refractivity contribution in [1.82, 2.24) is 19.7 Å². The third-order valence-corrected chi connectivity index (χ3v) is 9.51. The number of amides is 2. The number of anilines is 1. The number of carbonyl (C=O) groups is 2. The van der Waals surface area contributed by atoms with E-state index in [4.69, 9.17) is 14.2 Å². The third-order valence-electron chi connectivity index (χ3n) is 9.51. The van der Waals surface area contributed by atoms with Crippen LogP contribution in [0.15, 0.2) is 66.9 Å². The lowest BCUT2D eigenvalue weighted by Gasteiger charge is -2.48. The van der Waals surface area contributed by atoms with Crippen molar-refractivity contribution < 1.29 is 33.3 Å². The number of fused-ring (bicyclic) bond motifs is 1. The fourth-order valence-electron chi connectivity index (χ4n) is 6.95. The average Bonchev–Trinajstić information content (AvgIpc) is 3.07. The quantitative estimate of drug-likeness (QED) is 0.362. The van der Waals surface area contributed by atoms with E-state index in [-0.39, 0.29) is 55.7 Å². The van der Waals surface area contributed by atoms with Gasteiger partial charge in [0.15, 0.2) is 0 Å². The largest absolute Gasteiger partial charge is 0.491 e. The van der Waals surface area contributed by atoms with E-state index in [1.54, 1.807) is 23.2 Å². The lowest BCUT2D eigenvalue weighted by Crippen LogP contribution is -2.65. The standard InChI is InChI=1S/C36H44FN5O6/c1-24-16-39(30(18-41(24)36(44)45)17-40-25(2)20-46-21-26(40)3)19-34(43)42-31(22-47-32-7-5-4-6-8-32)23-48-35-33(42)14-28(15-38-35)13-27-9-11-29(37)12-10-27/h4-12,14-15,24-26,30-31H,13,16-23H2,1-3H3,(H,44,45)/t24-,25-,26-,30+,31+/m1/s1. The molecule has 0 unspecified atom stereocenters. The summed E-state index contributed by atoms with van der Waals surface area (Å²) in [5.74, 6) is 0.596. The maximum atomic E-state index is 14.6. The molecule has 12 heteroatoms. The van der Waals surface area contributed by atoms with E-state index in [2.05, 4.69) is 28.6 Å². The normalized spacial score (nSPS) is 24.9. The Hall–Kier alpha value is -4.26. The number of ether oxygens (including phenoxy) is 3. The maximum Gasteiger partial charge on any atom is 0.407 e. The first-order chi connectivity index (χ1) is 23.2. The summed E-state index contributed by atoms with van der Waals surface area (Å²) in [6.45, 7) is 9.13. The number of halogens is 1. The minimum Gasteiger partial charge on any atom is -0.491 e. The number of rotatable bonds is 9. The number of hydrogen-bond acceptors (Lipinski definition) is 8. The summed E-state index contributed by atoms with van der Waals surface area (Å²) in [6, 6.07) is 17.1. The van der Waals surface area contributed by atoms with Gasteiger partial charge in [0.25, 0.3) is 0 Å². The summed E-state index contributed by atoms with van der Waals surface area (Å²) in [6.07, 6.45) is 1.26. The Labute approximate surface area is 280 Å². The van der Waals surface area contributed by atoms with Crippen LogP contribution in [0.1, 0.15) is 31.9 Å². The minimum atomic E-state index is -0.957. The zero-order valence-corrected chi connectivity index (χ0v) is 27.7. The van der Waals surface area contributed by atoms with Crippen molar-refractivity contribution in [2.45, 2.75) is 57.4 Å². The predicted octanol–water partition coefficient (Wildman–Crippen LogP) is 4.15. The molecule has 5 atom stereocenters. The first kappa shape index (κ1) is 33.6.